The van der Waals surface area contributed by atoms with Gasteiger partial charge in [0.2, 0.25) is 0 Å². The number of amides is 1. The lowest BCUT2D eigenvalue weighted by atomic mass is 9.92. The van der Waals surface area contributed by atoms with Gasteiger partial charge in [0.1, 0.15) is 5.52 Å². The Morgan fingerprint density at radius 1 is 1.29 bits per heavy atom. The van der Waals surface area contributed by atoms with Crippen LogP contribution in [0.1, 0.15) is 36.0 Å². The van der Waals surface area contributed by atoms with Crippen LogP contribution in [0.3, 0.4) is 0 Å². The van der Waals surface area contributed by atoms with Crippen molar-refractivity contribution in [3.05, 3.63) is 29.5 Å². The molecule has 0 spiro atoms. The van der Waals surface area contributed by atoms with E-state index in [0.717, 1.165) is 36.3 Å². The minimum atomic E-state index is -0.105. The number of thiazole rings is 1. The number of methoxy groups -OCH3 is 1. The van der Waals surface area contributed by atoms with E-state index in [0.29, 0.717) is 29.8 Å². The van der Waals surface area contributed by atoms with E-state index in [9.17, 15) is 4.79 Å². The van der Waals surface area contributed by atoms with Crippen molar-refractivity contribution in [3.63, 3.8) is 0 Å². The van der Waals surface area contributed by atoms with Gasteiger partial charge < -0.3 is 14.8 Å². The van der Waals surface area contributed by atoms with Crippen molar-refractivity contribution in [2.75, 3.05) is 20.3 Å². The molecular formula is C19H23N5O3S. The molecule has 0 aliphatic heterocycles. The molecule has 8 nitrogen and oxygen atoms in total. The standard InChI is InChI=1S/C19H23N5O3S/c1-26-6-7-27-13-4-2-12(3-5-13)22-19(25)14-8-15(17-10-20-11-28-17)23-16-9-21-24-18(14)16/h8-13H,2-7H2,1H3,(H,21,24)(H,22,25)/t12-,13-. The Bertz CT molecular complexity index is 919. The zero-order valence-electron chi connectivity index (χ0n) is 15.7. The molecule has 1 saturated carbocycles. The number of aromatic nitrogens is 4. The predicted molar refractivity (Wildman–Crippen MR) is 106 cm³/mol. The monoisotopic (exact) mass is 401 g/mol. The van der Waals surface area contributed by atoms with Crippen molar-refractivity contribution in [1.82, 2.24) is 25.5 Å². The highest BCUT2D eigenvalue weighted by Crippen LogP contribution is 2.27. The summed E-state index contributed by atoms with van der Waals surface area (Å²) in [7, 11) is 1.67. The fourth-order valence-electron chi connectivity index (χ4n) is 3.52. The smallest absolute Gasteiger partial charge is 0.253 e. The number of nitrogens with zero attached hydrogens (tertiary/aromatic N) is 3. The first kappa shape index (κ1) is 19.0. The third kappa shape index (κ3) is 4.21. The summed E-state index contributed by atoms with van der Waals surface area (Å²) in [5.41, 5.74) is 4.37. The number of pyridine rings is 1. The summed E-state index contributed by atoms with van der Waals surface area (Å²) in [4.78, 5) is 22.6. The molecule has 1 aliphatic carbocycles. The molecule has 1 aliphatic rings. The van der Waals surface area contributed by atoms with Crippen LogP contribution in [0, 0.1) is 0 Å². The summed E-state index contributed by atoms with van der Waals surface area (Å²) in [6, 6.07) is 1.95. The Morgan fingerprint density at radius 2 is 2.14 bits per heavy atom. The summed E-state index contributed by atoms with van der Waals surface area (Å²) in [5.74, 6) is -0.105. The van der Waals surface area contributed by atoms with E-state index in [-0.39, 0.29) is 18.1 Å². The quantitative estimate of drug-likeness (QED) is 0.590. The summed E-state index contributed by atoms with van der Waals surface area (Å²) in [6.45, 7) is 1.23. The highest BCUT2D eigenvalue weighted by Gasteiger charge is 2.24. The molecule has 3 heterocycles. The lowest BCUT2D eigenvalue weighted by molar-refractivity contribution is -0.00408. The van der Waals surface area contributed by atoms with Crippen LogP contribution < -0.4 is 5.32 Å². The summed E-state index contributed by atoms with van der Waals surface area (Å²) in [6.07, 6.45) is 7.34. The molecule has 0 atom stereocenters. The van der Waals surface area contributed by atoms with Crippen LogP contribution in [0.5, 0.6) is 0 Å². The van der Waals surface area contributed by atoms with Gasteiger partial charge in [0, 0.05) is 19.3 Å². The molecule has 0 aromatic carbocycles. The first-order chi connectivity index (χ1) is 13.7. The number of carbonyl (C=O) groups is 1. The highest BCUT2D eigenvalue weighted by atomic mass is 32.1. The average Bonchev–Trinajstić information content (AvgIpc) is 3.40. The van der Waals surface area contributed by atoms with Crippen molar-refractivity contribution < 1.29 is 14.3 Å². The fraction of sp³-hybridized carbons (Fsp3) is 0.474. The summed E-state index contributed by atoms with van der Waals surface area (Å²) < 4.78 is 10.8. The van der Waals surface area contributed by atoms with Crippen LogP contribution in [0.2, 0.25) is 0 Å². The predicted octanol–water partition coefficient (Wildman–Crippen LogP) is 2.79. The Labute approximate surface area is 166 Å². The largest absolute Gasteiger partial charge is 0.382 e. The molecule has 0 radical (unpaired) electrons. The Balaban J connectivity index is 1.44. The lowest BCUT2D eigenvalue weighted by Crippen LogP contribution is -2.39. The van der Waals surface area contributed by atoms with Crippen LogP contribution in [0.15, 0.2) is 24.0 Å². The Hall–Kier alpha value is -2.36. The second-order valence-electron chi connectivity index (χ2n) is 6.86. The van der Waals surface area contributed by atoms with Crippen molar-refractivity contribution in [2.45, 2.75) is 37.8 Å². The van der Waals surface area contributed by atoms with Gasteiger partial charge >= 0.3 is 0 Å². The van der Waals surface area contributed by atoms with Crippen LogP contribution in [-0.4, -0.2) is 58.5 Å². The third-order valence-electron chi connectivity index (χ3n) is 4.99. The topological polar surface area (TPSA) is 102 Å². The van der Waals surface area contributed by atoms with Crippen LogP contribution in [-0.2, 0) is 9.47 Å². The second kappa shape index (κ2) is 8.76. The van der Waals surface area contributed by atoms with Crippen LogP contribution in [0.4, 0.5) is 0 Å². The highest BCUT2D eigenvalue weighted by molar-refractivity contribution is 7.13. The number of ether oxygens (including phenoxy) is 2. The van der Waals surface area contributed by atoms with Crippen molar-refractivity contribution >= 4 is 28.3 Å². The molecule has 1 amide bonds. The number of rotatable bonds is 7. The van der Waals surface area contributed by atoms with Gasteiger partial charge in [0.25, 0.3) is 5.91 Å². The van der Waals surface area contributed by atoms with Crippen molar-refractivity contribution in [2.24, 2.45) is 0 Å². The van der Waals surface area contributed by atoms with Crippen LogP contribution >= 0.6 is 11.3 Å². The first-order valence-corrected chi connectivity index (χ1v) is 10.3. The molecule has 1 fully saturated rings. The minimum absolute atomic E-state index is 0.105. The van der Waals surface area contributed by atoms with E-state index in [1.54, 1.807) is 25.0 Å². The number of H-pyrrole nitrogens is 1. The van der Waals surface area contributed by atoms with E-state index in [2.05, 4.69) is 25.5 Å². The number of nitrogens with one attached hydrogen (secondary N) is 2. The molecule has 4 rings (SSSR count). The molecule has 148 valence electrons. The Kier molecular flexibility index (Phi) is 5.94. The number of hydrogen-bond acceptors (Lipinski definition) is 7. The number of aromatic amines is 1. The van der Waals surface area contributed by atoms with E-state index in [1.807, 2.05) is 6.07 Å². The van der Waals surface area contributed by atoms with E-state index in [1.165, 1.54) is 11.3 Å². The third-order valence-corrected chi connectivity index (χ3v) is 5.79. The van der Waals surface area contributed by atoms with Gasteiger partial charge in [-0.15, -0.1) is 11.3 Å². The van der Waals surface area contributed by atoms with Gasteiger partial charge in [-0.2, -0.15) is 5.10 Å². The maximum absolute atomic E-state index is 13.0. The zero-order valence-corrected chi connectivity index (χ0v) is 16.5. The van der Waals surface area contributed by atoms with Gasteiger partial charge in [0.05, 0.1) is 52.7 Å². The lowest BCUT2D eigenvalue weighted by Gasteiger charge is -2.29. The molecular weight excluding hydrogens is 378 g/mol. The summed E-state index contributed by atoms with van der Waals surface area (Å²) >= 11 is 1.49. The average molecular weight is 401 g/mol. The molecule has 9 heteroatoms. The first-order valence-electron chi connectivity index (χ1n) is 9.39. The summed E-state index contributed by atoms with van der Waals surface area (Å²) in [5, 5.41) is 10.1. The second-order valence-corrected chi connectivity index (χ2v) is 7.75. The van der Waals surface area contributed by atoms with E-state index >= 15 is 0 Å². The number of hydrogen-bond donors (Lipinski definition) is 2. The number of fused-ring (bicyclic) bond motifs is 1. The molecule has 0 unspecified atom stereocenters. The van der Waals surface area contributed by atoms with Gasteiger partial charge in [-0.1, -0.05) is 0 Å². The van der Waals surface area contributed by atoms with E-state index in [4.69, 9.17) is 9.47 Å². The molecule has 3 aromatic rings. The molecule has 0 saturated heterocycles. The van der Waals surface area contributed by atoms with Gasteiger partial charge in [-0.25, -0.2) is 4.98 Å². The molecule has 2 N–H and O–H groups in total. The maximum Gasteiger partial charge on any atom is 0.253 e. The van der Waals surface area contributed by atoms with E-state index < -0.39 is 0 Å². The van der Waals surface area contributed by atoms with Crippen LogP contribution in [0.25, 0.3) is 21.6 Å². The minimum Gasteiger partial charge on any atom is -0.382 e. The van der Waals surface area contributed by atoms with Gasteiger partial charge in [-0.05, 0) is 31.7 Å². The van der Waals surface area contributed by atoms with Gasteiger partial charge in [0.15, 0.2) is 0 Å². The molecule has 0 bridgehead atoms. The number of carbonyl (C=O) groups excluding carboxylic acids is 1. The van der Waals surface area contributed by atoms with Gasteiger partial charge in [-0.3, -0.25) is 14.9 Å². The Morgan fingerprint density at radius 3 is 2.89 bits per heavy atom. The SMILES string of the molecule is COCCO[C@H]1CC[C@H](NC(=O)c2cc(-c3cncs3)nc3cn[nH]c23)CC1. The molecule has 28 heavy (non-hydrogen) atoms. The maximum atomic E-state index is 13.0. The fourth-order valence-corrected chi connectivity index (χ4v) is 4.10. The molecule has 3 aromatic heterocycles. The van der Waals surface area contributed by atoms with Crippen molar-refractivity contribution in [3.8, 4) is 10.6 Å². The zero-order chi connectivity index (χ0) is 19.3. The van der Waals surface area contributed by atoms with Crippen molar-refractivity contribution in [1.29, 1.82) is 0 Å². The normalized spacial score (nSPS) is 19.8.